The smallest absolute Gasteiger partial charge is 0.283 e. The van der Waals surface area contributed by atoms with Crippen LogP contribution in [-0.4, -0.2) is 33.9 Å². The third-order valence-corrected chi connectivity index (χ3v) is 3.45. The molecular formula is C11H17BrN4O3. The van der Waals surface area contributed by atoms with Gasteiger partial charge in [0.25, 0.3) is 5.56 Å². The Morgan fingerprint density at radius 2 is 2.26 bits per heavy atom. The van der Waals surface area contributed by atoms with Gasteiger partial charge in [0, 0.05) is 6.54 Å². The van der Waals surface area contributed by atoms with E-state index in [1.165, 1.54) is 6.20 Å². The second-order valence-electron chi connectivity index (χ2n) is 4.73. The summed E-state index contributed by atoms with van der Waals surface area (Å²) in [6, 6.07) is 0. The molecule has 0 atom stereocenters. The normalized spacial score (nSPS) is 11.4. The first-order chi connectivity index (χ1) is 8.79. The molecule has 0 aromatic carbocycles. The molecule has 0 unspecified atom stereocenters. The van der Waals surface area contributed by atoms with Gasteiger partial charge in [-0.1, -0.05) is 0 Å². The quantitative estimate of drug-likeness (QED) is 0.675. The lowest BCUT2D eigenvalue weighted by Crippen LogP contribution is -2.38. The van der Waals surface area contributed by atoms with Crippen LogP contribution in [0.15, 0.2) is 15.5 Å². The maximum atomic E-state index is 11.8. The molecule has 1 heterocycles. The summed E-state index contributed by atoms with van der Waals surface area (Å²) in [5.74, 6) is -0.433. The second-order valence-corrected chi connectivity index (χ2v) is 5.52. The molecule has 0 aliphatic carbocycles. The van der Waals surface area contributed by atoms with Crippen LogP contribution in [0.5, 0.6) is 0 Å². The molecule has 7 nitrogen and oxygen atoms in total. The predicted octanol–water partition coefficient (Wildman–Crippen LogP) is -0.0785. The molecule has 1 aromatic rings. The van der Waals surface area contributed by atoms with Crippen molar-refractivity contribution in [3.63, 3.8) is 0 Å². The molecule has 0 saturated carbocycles. The highest BCUT2D eigenvalue weighted by Gasteiger charge is 2.25. The summed E-state index contributed by atoms with van der Waals surface area (Å²) in [4.78, 5) is 23.0. The van der Waals surface area contributed by atoms with Crippen molar-refractivity contribution in [3.8, 4) is 0 Å². The Hall–Kier alpha value is -1.41. The Balaban J connectivity index is 2.90. The maximum Gasteiger partial charge on any atom is 0.283 e. The summed E-state index contributed by atoms with van der Waals surface area (Å²) < 4.78 is 1.45. The molecule has 19 heavy (non-hydrogen) atoms. The van der Waals surface area contributed by atoms with Gasteiger partial charge in [-0.05, 0) is 29.8 Å². The van der Waals surface area contributed by atoms with Crippen molar-refractivity contribution in [1.29, 1.82) is 0 Å². The van der Waals surface area contributed by atoms with Gasteiger partial charge >= 0.3 is 0 Å². The summed E-state index contributed by atoms with van der Waals surface area (Å²) in [7, 11) is 0. The molecule has 1 amide bonds. The fraction of sp³-hybridized carbons (Fsp3) is 0.545. The number of carbonyl (C=O) groups is 1. The number of nitrogens with two attached hydrogens (primary N) is 1. The third-order valence-electron chi connectivity index (χ3n) is 2.68. The Kier molecular flexibility index (Phi) is 5.07. The van der Waals surface area contributed by atoms with Crippen molar-refractivity contribution in [2.75, 3.05) is 18.5 Å². The van der Waals surface area contributed by atoms with E-state index in [1.807, 2.05) is 0 Å². The van der Waals surface area contributed by atoms with Gasteiger partial charge in [-0.3, -0.25) is 9.59 Å². The van der Waals surface area contributed by atoms with E-state index in [9.17, 15) is 9.59 Å². The van der Waals surface area contributed by atoms with Crippen LogP contribution in [0.1, 0.15) is 13.8 Å². The molecule has 0 saturated heterocycles. The molecule has 0 fully saturated rings. The van der Waals surface area contributed by atoms with Crippen molar-refractivity contribution >= 4 is 27.5 Å². The van der Waals surface area contributed by atoms with E-state index >= 15 is 0 Å². The Morgan fingerprint density at radius 1 is 1.63 bits per heavy atom. The van der Waals surface area contributed by atoms with Crippen molar-refractivity contribution in [3.05, 3.63) is 21.0 Å². The van der Waals surface area contributed by atoms with E-state index in [1.54, 1.807) is 13.8 Å². The number of nitrogens with zero attached hydrogens (tertiary/aromatic N) is 2. The molecule has 1 rings (SSSR count). The molecule has 4 N–H and O–H groups in total. The number of carbonyl (C=O) groups excluding carboxylic acids is 1. The molecule has 106 valence electrons. The average Bonchev–Trinajstić information content (AvgIpc) is 2.34. The van der Waals surface area contributed by atoms with Crippen molar-refractivity contribution in [2.45, 2.75) is 20.4 Å². The fourth-order valence-corrected chi connectivity index (χ4v) is 1.69. The zero-order chi connectivity index (χ0) is 14.6. The molecule has 8 heteroatoms. The molecule has 0 aliphatic heterocycles. The number of hydrogen-bond acceptors (Lipinski definition) is 5. The van der Waals surface area contributed by atoms with Crippen LogP contribution >= 0.6 is 15.9 Å². The minimum absolute atomic E-state index is 0.129. The lowest BCUT2D eigenvalue weighted by atomic mass is 9.93. The van der Waals surface area contributed by atoms with Gasteiger partial charge in [-0.25, -0.2) is 4.68 Å². The largest absolute Gasteiger partial charge is 0.394 e. The van der Waals surface area contributed by atoms with Crippen LogP contribution in [0.25, 0.3) is 0 Å². The van der Waals surface area contributed by atoms with E-state index in [2.05, 4.69) is 26.3 Å². The number of amides is 1. The van der Waals surface area contributed by atoms with E-state index in [-0.39, 0.29) is 25.3 Å². The van der Waals surface area contributed by atoms with Crippen molar-refractivity contribution in [1.82, 2.24) is 9.78 Å². The van der Waals surface area contributed by atoms with Gasteiger partial charge in [0.05, 0.1) is 30.5 Å². The van der Waals surface area contributed by atoms with Crippen LogP contribution in [0.2, 0.25) is 0 Å². The standard InChI is InChI=1S/C11H17BrN4O3/c1-11(2,10(13)19)6-14-7-5-15-16(3-4-17)9(18)8(7)12/h5,14,17H,3-4,6H2,1-2H3,(H2,13,19). The molecule has 0 spiro atoms. The third kappa shape index (κ3) is 3.77. The van der Waals surface area contributed by atoms with Crippen molar-refractivity contribution in [2.24, 2.45) is 11.1 Å². The Morgan fingerprint density at radius 3 is 2.79 bits per heavy atom. The van der Waals surface area contributed by atoms with Crippen LogP contribution in [0.3, 0.4) is 0 Å². The summed E-state index contributed by atoms with van der Waals surface area (Å²) in [5.41, 5.74) is 4.66. The fourth-order valence-electron chi connectivity index (χ4n) is 1.25. The number of aliphatic hydroxyl groups excluding tert-OH is 1. The summed E-state index contributed by atoms with van der Waals surface area (Å²) in [6.45, 7) is 3.66. The highest BCUT2D eigenvalue weighted by atomic mass is 79.9. The second kappa shape index (κ2) is 6.16. The zero-order valence-electron chi connectivity index (χ0n) is 10.8. The lowest BCUT2D eigenvalue weighted by Gasteiger charge is -2.21. The van der Waals surface area contributed by atoms with Gasteiger partial charge < -0.3 is 16.2 Å². The van der Waals surface area contributed by atoms with Crippen LogP contribution in [0.4, 0.5) is 5.69 Å². The van der Waals surface area contributed by atoms with Gasteiger partial charge in [-0.2, -0.15) is 5.10 Å². The first kappa shape index (κ1) is 15.6. The first-order valence-corrected chi connectivity index (χ1v) is 6.49. The first-order valence-electron chi connectivity index (χ1n) is 5.70. The molecule has 1 aromatic heterocycles. The summed E-state index contributed by atoms with van der Waals surface area (Å²) in [5, 5.41) is 15.7. The SMILES string of the molecule is CC(C)(CNc1cnn(CCO)c(=O)c1Br)C(N)=O. The number of rotatable bonds is 6. The number of aromatic nitrogens is 2. The van der Waals surface area contributed by atoms with Crippen LogP contribution < -0.4 is 16.6 Å². The number of primary amides is 1. The van der Waals surface area contributed by atoms with E-state index in [0.717, 1.165) is 4.68 Å². The molecular weight excluding hydrogens is 316 g/mol. The topological polar surface area (TPSA) is 110 Å². The number of aliphatic hydroxyl groups is 1. The number of nitrogens with one attached hydrogen (secondary N) is 1. The monoisotopic (exact) mass is 332 g/mol. The van der Waals surface area contributed by atoms with Crippen LogP contribution in [0, 0.1) is 5.41 Å². The number of anilines is 1. The van der Waals surface area contributed by atoms with E-state index < -0.39 is 11.3 Å². The van der Waals surface area contributed by atoms with Gasteiger partial charge in [0.1, 0.15) is 4.47 Å². The van der Waals surface area contributed by atoms with E-state index in [4.69, 9.17) is 10.8 Å². The highest BCUT2D eigenvalue weighted by Crippen LogP contribution is 2.20. The Bertz CT molecular complexity index is 527. The minimum atomic E-state index is -0.737. The zero-order valence-corrected chi connectivity index (χ0v) is 12.4. The predicted molar refractivity (Wildman–Crippen MR) is 74.7 cm³/mol. The van der Waals surface area contributed by atoms with Crippen molar-refractivity contribution < 1.29 is 9.90 Å². The maximum absolute atomic E-state index is 11.8. The Labute approximate surface area is 118 Å². The molecule has 0 aliphatic rings. The summed E-state index contributed by atoms with van der Waals surface area (Å²) >= 11 is 3.17. The van der Waals surface area contributed by atoms with Crippen LogP contribution in [-0.2, 0) is 11.3 Å². The summed E-state index contributed by atoms with van der Waals surface area (Å²) in [6.07, 6.45) is 1.46. The van der Waals surface area contributed by atoms with E-state index in [0.29, 0.717) is 10.2 Å². The molecule has 0 bridgehead atoms. The average molecular weight is 333 g/mol. The number of halogens is 1. The van der Waals surface area contributed by atoms with Gasteiger partial charge in [0.2, 0.25) is 5.91 Å². The van der Waals surface area contributed by atoms with Gasteiger partial charge in [-0.15, -0.1) is 0 Å². The van der Waals surface area contributed by atoms with Gasteiger partial charge in [0.15, 0.2) is 0 Å². The lowest BCUT2D eigenvalue weighted by molar-refractivity contribution is -0.125. The minimum Gasteiger partial charge on any atom is -0.394 e. The number of hydrogen-bond donors (Lipinski definition) is 3. The molecule has 0 radical (unpaired) electrons. The highest BCUT2D eigenvalue weighted by molar-refractivity contribution is 9.10.